The summed E-state index contributed by atoms with van der Waals surface area (Å²) in [4.78, 5) is 0. The van der Waals surface area contributed by atoms with Crippen LogP contribution in [0.3, 0.4) is 0 Å². The van der Waals surface area contributed by atoms with E-state index in [-0.39, 0.29) is 17.8 Å². The minimum atomic E-state index is -0.00439. The van der Waals surface area contributed by atoms with Crippen LogP contribution in [0.5, 0.6) is 0 Å². The van der Waals surface area contributed by atoms with E-state index in [0.29, 0.717) is 45.0 Å². The maximum Gasteiger partial charge on any atom is 0.181 e. The summed E-state index contributed by atoms with van der Waals surface area (Å²) >= 11 is 0. The van der Waals surface area contributed by atoms with E-state index in [1.165, 1.54) is 0 Å². The first-order valence-electron chi connectivity index (χ1n) is 20.7. The fraction of sp³-hybridized carbons (Fsp3) is 0.160. The maximum atomic E-state index is 6.93. The molecule has 0 aliphatic heterocycles. The molecule has 0 amide bonds. The highest BCUT2D eigenvalue weighted by Crippen LogP contribution is 2.52. The number of allylic oxidation sites excluding steroid dienone is 2. The summed E-state index contributed by atoms with van der Waals surface area (Å²) in [5.41, 5.74) is 13.4. The lowest BCUT2D eigenvalue weighted by Gasteiger charge is -2.34. The van der Waals surface area contributed by atoms with Crippen LogP contribution in [-0.4, -0.2) is 40.8 Å². The van der Waals surface area contributed by atoms with E-state index < -0.39 is 0 Å². The summed E-state index contributed by atoms with van der Waals surface area (Å²) in [5, 5.41) is 39.2. The number of aryl methyl sites for hydroxylation is 2. The largest absolute Gasteiger partial charge is 0.457 e. The third kappa shape index (κ3) is 5.38. The molecule has 1 aliphatic carbocycles. The zero-order chi connectivity index (χ0) is 41.6. The van der Waals surface area contributed by atoms with E-state index >= 15 is 0 Å². The fourth-order valence-electron chi connectivity index (χ4n) is 9.75. The molecule has 8 aromatic heterocycles. The molecule has 0 bridgehead atoms. The smallest absolute Gasteiger partial charge is 0.181 e. The van der Waals surface area contributed by atoms with Crippen LogP contribution in [-0.2, 0) is 0 Å². The van der Waals surface area contributed by atoms with Gasteiger partial charge in [-0.05, 0) is 49.3 Å². The molecule has 12 nitrogen and oxygen atoms in total. The van der Waals surface area contributed by atoms with Crippen LogP contribution in [0.15, 0.2) is 133 Å². The Bertz CT molecular complexity index is 3590. The number of fused-ring (bicyclic) bond motifs is 7. The van der Waals surface area contributed by atoms with Gasteiger partial charge in [-0.1, -0.05) is 98.8 Å². The van der Waals surface area contributed by atoms with Gasteiger partial charge in [0.25, 0.3) is 0 Å². The Morgan fingerprint density at radius 3 is 1.94 bits per heavy atom. The van der Waals surface area contributed by atoms with Crippen molar-refractivity contribution in [2.24, 2.45) is 11.8 Å². The molecule has 12 rings (SSSR count). The van der Waals surface area contributed by atoms with Gasteiger partial charge < -0.3 is 17.7 Å². The average Bonchev–Trinajstić information content (AvgIpc) is 4.05. The molecule has 11 aromatic rings. The molecule has 0 spiro atoms. The van der Waals surface area contributed by atoms with Gasteiger partial charge in [0.2, 0.25) is 0 Å². The van der Waals surface area contributed by atoms with E-state index in [0.717, 1.165) is 89.7 Å². The molecule has 0 radical (unpaired) electrons. The van der Waals surface area contributed by atoms with Gasteiger partial charge in [0.1, 0.15) is 34.3 Å². The highest BCUT2D eigenvalue weighted by molar-refractivity contribution is 6.15. The van der Waals surface area contributed by atoms with Gasteiger partial charge in [-0.25, -0.2) is 0 Å². The first kappa shape index (κ1) is 36.0. The number of rotatable bonds is 6. The summed E-state index contributed by atoms with van der Waals surface area (Å²) in [5.74, 6) is 1.89. The minimum Gasteiger partial charge on any atom is -0.457 e. The number of furan rings is 4. The number of benzene rings is 3. The number of nitrogens with zero attached hydrogens (tertiary/aromatic N) is 8. The van der Waals surface area contributed by atoms with Gasteiger partial charge in [0.15, 0.2) is 33.5 Å². The van der Waals surface area contributed by atoms with Crippen molar-refractivity contribution in [1.29, 1.82) is 0 Å². The van der Waals surface area contributed by atoms with Crippen LogP contribution in [0.4, 0.5) is 0 Å². The highest BCUT2D eigenvalue weighted by Gasteiger charge is 2.39. The first-order chi connectivity index (χ1) is 30.4. The zero-order valence-electron chi connectivity index (χ0n) is 34.1. The second kappa shape index (κ2) is 13.8. The number of hydrogen-bond acceptors (Lipinski definition) is 12. The molecule has 0 saturated heterocycles. The second-order valence-corrected chi connectivity index (χ2v) is 16.2. The second-order valence-electron chi connectivity index (χ2n) is 16.2. The predicted octanol–water partition coefficient (Wildman–Crippen LogP) is 12.1. The molecular formula is C50H36N8O4. The van der Waals surface area contributed by atoms with Crippen LogP contribution in [0.1, 0.15) is 49.0 Å². The van der Waals surface area contributed by atoms with Crippen LogP contribution < -0.4 is 0 Å². The lowest BCUT2D eigenvalue weighted by atomic mass is 9.69. The van der Waals surface area contributed by atoms with Crippen LogP contribution >= 0.6 is 0 Å². The van der Waals surface area contributed by atoms with E-state index in [1.54, 1.807) is 24.8 Å². The van der Waals surface area contributed by atoms with Crippen molar-refractivity contribution in [2.75, 3.05) is 0 Å². The molecule has 0 saturated carbocycles. The molecule has 3 unspecified atom stereocenters. The van der Waals surface area contributed by atoms with Gasteiger partial charge in [0.05, 0.1) is 51.9 Å². The van der Waals surface area contributed by atoms with Gasteiger partial charge in [-0.3, -0.25) is 0 Å². The minimum absolute atomic E-state index is 0.00439. The highest BCUT2D eigenvalue weighted by atomic mass is 16.4. The molecule has 62 heavy (non-hydrogen) atoms. The molecule has 0 fully saturated rings. The lowest BCUT2D eigenvalue weighted by molar-refractivity contribution is 0.374. The maximum absolute atomic E-state index is 6.93. The molecule has 300 valence electrons. The fourth-order valence-corrected chi connectivity index (χ4v) is 9.75. The zero-order valence-corrected chi connectivity index (χ0v) is 34.1. The standard InChI is InChI=1S/C50H36N8O4/c1-25-18-19-33(45-47-36(23-54-56-45)41-42(29-12-7-5-8-13-29)57-58-43(48(41)62-47)30-14-9-6-10-15-30)26(2)38(25)40-28(4)60-49-39(27(3)59-50(40)49)31-16-11-17-32(20-31)44-46-35(22-53-55-44)34-21-51-52-24-37(34)61-46/h5-17,19-26,38H,18H2,1-4H3. The molecule has 3 aromatic carbocycles. The van der Waals surface area contributed by atoms with Crippen molar-refractivity contribution < 1.29 is 17.7 Å². The summed E-state index contributed by atoms with van der Waals surface area (Å²) in [6.07, 6.45) is 9.89. The van der Waals surface area contributed by atoms with Crippen molar-refractivity contribution in [3.63, 3.8) is 0 Å². The van der Waals surface area contributed by atoms with Gasteiger partial charge in [0, 0.05) is 28.2 Å². The Hall–Kier alpha value is -7.86. The van der Waals surface area contributed by atoms with Crippen LogP contribution in [0, 0.1) is 25.7 Å². The predicted molar refractivity (Wildman–Crippen MR) is 237 cm³/mol. The van der Waals surface area contributed by atoms with Crippen LogP contribution in [0.2, 0.25) is 0 Å². The summed E-state index contributed by atoms with van der Waals surface area (Å²) in [6, 6.07) is 28.3. The topological polar surface area (TPSA) is 156 Å². The average molecular weight is 813 g/mol. The monoisotopic (exact) mass is 812 g/mol. The van der Waals surface area contributed by atoms with Crippen molar-refractivity contribution in [3.8, 4) is 44.9 Å². The third-order valence-electron chi connectivity index (χ3n) is 12.6. The van der Waals surface area contributed by atoms with Gasteiger partial charge in [-0.15, -0.1) is 20.4 Å². The van der Waals surface area contributed by atoms with Gasteiger partial charge >= 0.3 is 0 Å². The molecule has 8 heterocycles. The Morgan fingerprint density at radius 1 is 0.500 bits per heavy atom. The lowest BCUT2D eigenvalue weighted by Crippen LogP contribution is -2.23. The SMILES string of the molecule is Cc1oc2c(C3C(C)CC=C(c4nncc5c4oc4c(-c6ccccc6)nnc(-c6ccccc6)c45)C3C)c(C)oc2c1-c1cccc(-c2nncc3c2oc2cnncc23)c1. The summed E-state index contributed by atoms with van der Waals surface area (Å²) in [6.45, 7) is 8.58. The van der Waals surface area contributed by atoms with Crippen LogP contribution in [0.25, 0.3) is 106 Å². The molecular weight excluding hydrogens is 777 g/mol. The first-order valence-corrected chi connectivity index (χ1v) is 20.7. The van der Waals surface area contributed by atoms with Crippen molar-refractivity contribution in [1.82, 2.24) is 40.8 Å². The molecule has 3 atom stereocenters. The van der Waals surface area contributed by atoms with E-state index in [1.807, 2.05) is 86.6 Å². The number of hydrogen-bond donors (Lipinski definition) is 0. The Kier molecular flexibility index (Phi) is 8.05. The van der Waals surface area contributed by atoms with E-state index in [9.17, 15) is 0 Å². The van der Waals surface area contributed by atoms with Crippen molar-refractivity contribution in [2.45, 2.75) is 40.0 Å². The summed E-state index contributed by atoms with van der Waals surface area (Å²) in [7, 11) is 0. The Balaban J connectivity index is 0.962. The Labute approximate surface area is 353 Å². The summed E-state index contributed by atoms with van der Waals surface area (Å²) < 4.78 is 26.6. The van der Waals surface area contributed by atoms with E-state index in [4.69, 9.17) is 33.0 Å². The molecule has 1 aliphatic rings. The van der Waals surface area contributed by atoms with Crippen molar-refractivity contribution in [3.05, 3.63) is 139 Å². The third-order valence-corrected chi connectivity index (χ3v) is 12.6. The number of aromatic nitrogens is 8. The van der Waals surface area contributed by atoms with E-state index in [2.05, 4.69) is 57.5 Å². The molecule has 12 heteroatoms. The quantitative estimate of drug-likeness (QED) is 0.157. The van der Waals surface area contributed by atoms with Gasteiger partial charge in [-0.2, -0.15) is 20.4 Å². The van der Waals surface area contributed by atoms with Crippen molar-refractivity contribution >= 4 is 60.6 Å². The normalized spacial score (nSPS) is 16.9. The Morgan fingerprint density at radius 2 is 1.13 bits per heavy atom. The molecule has 0 N–H and O–H groups in total.